The number of benzene rings is 2. The van der Waals surface area contributed by atoms with E-state index in [-0.39, 0.29) is 5.97 Å². The van der Waals surface area contributed by atoms with E-state index in [1.807, 2.05) is 24.3 Å². The molecule has 0 heterocycles. The van der Waals surface area contributed by atoms with Gasteiger partial charge in [-0.15, -0.1) is 0 Å². The van der Waals surface area contributed by atoms with Crippen molar-refractivity contribution in [1.82, 2.24) is 0 Å². The van der Waals surface area contributed by atoms with Crippen molar-refractivity contribution in [2.45, 2.75) is 129 Å². The quantitative estimate of drug-likeness (QED) is 0.0831. The molecule has 222 valence electrons. The fourth-order valence-corrected chi connectivity index (χ4v) is 5.61. The van der Waals surface area contributed by atoms with Gasteiger partial charge < -0.3 is 14.2 Å². The highest BCUT2D eigenvalue weighted by Gasteiger charge is 2.14. The Bertz CT molecular complexity index is 899. The average Bonchev–Trinajstić information content (AvgIpc) is 3.50. The number of carbonyl (C=O) groups excluding carboxylic acids is 1. The maximum atomic E-state index is 12.5. The summed E-state index contributed by atoms with van der Waals surface area (Å²) in [4.78, 5) is 12.5. The number of ether oxygens (including phenoxy) is 3. The molecule has 0 bridgehead atoms. The van der Waals surface area contributed by atoms with Crippen LogP contribution in [0.1, 0.15) is 139 Å². The highest BCUT2D eigenvalue weighted by atomic mass is 16.5. The first-order chi connectivity index (χ1) is 19.7. The van der Waals surface area contributed by atoms with Gasteiger partial charge in [-0.25, -0.2) is 4.79 Å². The lowest BCUT2D eigenvalue weighted by Gasteiger charge is -2.09. The van der Waals surface area contributed by atoms with Crippen LogP contribution in [0.4, 0.5) is 0 Å². The predicted molar refractivity (Wildman–Crippen MR) is 166 cm³/mol. The van der Waals surface area contributed by atoms with Crippen molar-refractivity contribution < 1.29 is 19.0 Å². The molecule has 0 aliphatic heterocycles. The molecule has 2 aromatic rings. The molecule has 0 unspecified atom stereocenters. The molecule has 1 aliphatic rings. The minimum atomic E-state index is -0.369. The van der Waals surface area contributed by atoms with Gasteiger partial charge in [0.25, 0.3) is 0 Å². The second kappa shape index (κ2) is 20.4. The Morgan fingerprint density at radius 2 is 1.05 bits per heavy atom. The summed E-state index contributed by atoms with van der Waals surface area (Å²) in [6.07, 6.45) is 25.3. The molecule has 3 rings (SSSR count). The monoisotopic (exact) mass is 550 g/mol. The summed E-state index contributed by atoms with van der Waals surface area (Å²) >= 11 is 0. The van der Waals surface area contributed by atoms with E-state index < -0.39 is 0 Å². The van der Waals surface area contributed by atoms with Gasteiger partial charge in [0.15, 0.2) is 0 Å². The van der Waals surface area contributed by atoms with Crippen molar-refractivity contribution >= 4 is 5.97 Å². The van der Waals surface area contributed by atoms with Crippen LogP contribution < -0.4 is 14.2 Å². The first kappa shape index (κ1) is 32.0. The molecule has 1 fully saturated rings. The van der Waals surface area contributed by atoms with Gasteiger partial charge in [-0.1, -0.05) is 116 Å². The van der Waals surface area contributed by atoms with Crippen LogP contribution in [0.5, 0.6) is 17.2 Å². The number of carbonyl (C=O) groups is 1. The molecule has 0 aromatic heterocycles. The molecule has 0 radical (unpaired) electrons. The Morgan fingerprint density at radius 1 is 0.600 bits per heavy atom. The van der Waals surface area contributed by atoms with Crippen LogP contribution in [0, 0.1) is 5.92 Å². The second-order valence-electron chi connectivity index (χ2n) is 11.6. The number of esters is 1. The molecule has 1 saturated carbocycles. The van der Waals surface area contributed by atoms with Crippen LogP contribution >= 0.6 is 0 Å². The smallest absolute Gasteiger partial charge is 0.343 e. The summed E-state index contributed by atoms with van der Waals surface area (Å²) in [5, 5.41) is 0. The van der Waals surface area contributed by atoms with E-state index >= 15 is 0 Å². The zero-order valence-electron chi connectivity index (χ0n) is 25.2. The van der Waals surface area contributed by atoms with E-state index in [0.717, 1.165) is 36.9 Å². The molecule has 0 amide bonds. The topological polar surface area (TPSA) is 44.8 Å². The van der Waals surface area contributed by atoms with E-state index in [2.05, 4.69) is 6.92 Å². The van der Waals surface area contributed by atoms with Gasteiger partial charge in [0.1, 0.15) is 17.2 Å². The Balaban J connectivity index is 1.21. The van der Waals surface area contributed by atoms with E-state index in [0.29, 0.717) is 17.9 Å². The van der Waals surface area contributed by atoms with Gasteiger partial charge in [-0.2, -0.15) is 0 Å². The molecular weight excluding hydrogens is 496 g/mol. The Morgan fingerprint density at radius 3 is 1.60 bits per heavy atom. The highest BCUT2D eigenvalue weighted by Crippen LogP contribution is 2.29. The molecular formula is C36H54O4. The van der Waals surface area contributed by atoms with Crippen LogP contribution in [0.2, 0.25) is 0 Å². The lowest BCUT2D eigenvalue weighted by Crippen LogP contribution is -2.08. The Hall–Kier alpha value is -2.49. The molecule has 1 aliphatic carbocycles. The first-order valence-electron chi connectivity index (χ1n) is 16.4. The zero-order valence-corrected chi connectivity index (χ0v) is 25.2. The minimum absolute atomic E-state index is 0.369. The largest absolute Gasteiger partial charge is 0.494 e. The van der Waals surface area contributed by atoms with Crippen LogP contribution in [-0.4, -0.2) is 19.2 Å². The number of hydrogen-bond acceptors (Lipinski definition) is 4. The van der Waals surface area contributed by atoms with Crippen LogP contribution in [-0.2, 0) is 0 Å². The van der Waals surface area contributed by atoms with Gasteiger partial charge in [0.2, 0.25) is 0 Å². The molecule has 0 N–H and O–H groups in total. The summed E-state index contributed by atoms with van der Waals surface area (Å²) in [5.74, 6) is 2.79. The van der Waals surface area contributed by atoms with Crippen molar-refractivity contribution in [3.63, 3.8) is 0 Å². The van der Waals surface area contributed by atoms with Gasteiger partial charge in [0.05, 0.1) is 18.8 Å². The van der Waals surface area contributed by atoms with Crippen LogP contribution in [0.25, 0.3) is 0 Å². The summed E-state index contributed by atoms with van der Waals surface area (Å²) in [5.41, 5.74) is 0.512. The van der Waals surface area contributed by atoms with Gasteiger partial charge in [-0.05, 0) is 67.3 Å². The van der Waals surface area contributed by atoms with Gasteiger partial charge >= 0.3 is 5.97 Å². The molecule has 0 atom stereocenters. The van der Waals surface area contributed by atoms with E-state index in [1.165, 1.54) is 109 Å². The fourth-order valence-electron chi connectivity index (χ4n) is 5.61. The summed E-state index contributed by atoms with van der Waals surface area (Å²) in [6.45, 7) is 3.70. The Kier molecular flexibility index (Phi) is 16.3. The minimum Gasteiger partial charge on any atom is -0.494 e. The van der Waals surface area contributed by atoms with Crippen molar-refractivity contribution in [1.29, 1.82) is 0 Å². The van der Waals surface area contributed by atoms with Crippen LogP contribution in [0.3, 0.4) is 0 Å². The third-order valence-electron chi connectivity index (χ3n) is 8.14. The van der Waals surface area contributed by atoms with Gasteiger partial charge in [0, 0.05) is 0 Å². The standard InChI is InChI=1S/C36H54O4/c1-2-3-4-5-6-8-11-16-29-38-33-23-21-32(22-24-33)36(37)40-35-27-25-34(26-28-35)39-30-17-12-9-7-10-13-18-31-19-14-15-20-31/h21-28,31H,2-20,29-30H2,1H3. The number of hydrogen-bond donors (Lipinski definition) is 0. The normalized spacial score (nSPS) is 13.4. The highest BCUT2D eigenvalue weighted by molar-refractivity contribution is 5.91. The molecule has 4 nitrogen and oxygen atoms in total. The van der Waals surface area contributed by atoms with Crippen molar-refractivity contribution in [3.8, 4) is 17.2 Å². The van der Waals surface area contributed by atoms with E-state index in [1.54, 1.807) is 24.3 Å². The second-order valence-corrected chi connectivity index (χ2v) is 11.6. The summed E-state index contributed by atoms with van der Waals surface area (Å²) in [6, 6.07) is 14.5. The fraction of sp³-hybridized carbons (Fsp3) is 0.639. The molecule has 0 saturated heterocycles. The maximum absolute atomic E-state index is 12.5. The SMILES string of the molecule is CCCCCCCCCCOc1ccc(C(=O)Oc2ccc(OCCCCCCCCC3CCCC3)cc2)cc1. The molecule has 0 spiro atoms. The van der Waals surface area contributed by atoms with Crippen LogP contribution in [0.15, 0.2) is 48.5 Å². The summed E-state index contributed by atoms with van der Waals surface area (Å²) < 4.78 is 17.3. The predicted octanol–water partition coefficient (Wildman–Crippen LogP) is 10.7. The lowest BCUT2D eigenvalue weighted by molar-refractivity contribution is 0.0734. The number of rotatable bonds is 22. The molecule has 40 heavy (non-hydrogen) atoms. The maximum Gasteiger partial charge on any atom is 0.343 e. The number of unbranched alkanes of at least 4 members (excludes halogenated alkanes) is 12. The third kappa shape index (κ3) is 13.7. The first-order valence-corrected chi connectivity index (χ1v) is 16.4. The van der Waals surface area contributed by atoms with E-state index in [4.69, 9.17) is 14.2 Å². The van der Waals surface area contributed by atoms with Crippen molar-refractivity contribution in [3.05, 3.63) is 54.1 Å². The van der Waals surface area contributed by atoms with Gasteiger partial charge in [-0.3, -0.25) is 0 Å². The zero-order chi connectivity index (χ0) is 28.1. The third-order valence-corrected chi connectivity index (χ3v) is 8.14. The molecule has 2 aromatic carbocycles. The Labute approximate surface area is 244 Å². The van der Waals surface area contributed by atoms with Crippen molar-refractivity contribution in [2.75, 3.05) is 13.2 Å². The molecule has 4 heteroatoms. The summed E-state index contributed by atoms with van der Waals surface area (Å²) in [7, 11) is 0. The average molecular weight is 551 g/mol. The van der Waals surface area contributed by atoms with E-state index in [9.17, 15) is 4.79 Å². The lowest BCUT2D eigenvalue weighted by atomic mass is 9.99. The van der Waals surface area contributed by atoms with Crippen molar-refractivity contribution in [2.24, 2.45) is 5.92 Å².